The van der Waals surface area contributed by atoms with Crippen molar-refractivity contribution in [1.82, 2.24) is 0 Å². The SMILES string of the molecule is C=C(C)C(=O)OCC(O)CSc1ccc2cc(-c3ccc(CCCCC)cc3C)oc2c1. The minimum absolute atomic E-state index is 0.0421. The number of esters is 1. The van der Waals surface area contributed by atoms with Gasteiger partial charge in [-0.05, 0) is 62.1 Å². The molecular formula is C27H32O4S. The summed E-state index contributed by atoms with van der Waals surface area (Å²) < 4.78 is 11.2. The first-order chi connectivity index (χ1) is 15.4. The van der Waals surface area contributed by atoms with E-state index < -0.39 is 12.1 Å². The highest BCUT2D eigenvalue weighted by Crippen LogP contribution is 2.33. The third-order valence-electron chi connectivity index (χ3n) is 5.31. The lowest BCUT2D eigenvalue weighted by Gasteiger charge is -2.11. The van der Waals surface area contributed by atoms with E-state index in [2.05, 4.69) is 44.7 Å². The average molecular weight is 453 g/mol. The van der Waals surface area contributed by atoms with Crippen LogP contribution in [0.3, 0.4) is 0 Å². The van der Waals surface area contributed by atoms with Crippen molar-refractivity contribution in [2.75, 3.05) is 12.4 Å². The normalized spacial score (nSPS) is 12.1. The summed E-state index contributed by atoms with van der Waals surface area (Å²) in [7, 11) is 0. The molecule has 0 saturated carbocycles. The number of fused-ring (bicyclic) bond motifs is 1. The van der Waals surface area contributed by atoms with Gasteiger partial charge in [0.25, 0.3) is 0 Å². The Kier molecular flexibility index (Phi) is 8.60. The molecular weight excluding hydrogens is 420 g/mol. The van der Waals surface area contributed by atoms with Gasteiger partial charge in [-0.3, -0.25) is 0 Å². The Morgan fingerprint density at radius 2 is 2.00 bits per heavy atom. The van der Waals surface area contributed by atoms with Crippen molar-refractivity contribution < 1.29 is 19.1 Å². The van der Waals surface area contributed by atoms with E-state index in [1.54, 1.807) is 6.92 Å². The van der Waals surface area contributed by atoms with Crippen LogP contribution in [0.25, 0.3) is 22.3 Å². The molecule has 5 heteroatoms. The van der Waals surface area contributed by atoms with Gasteiger partial charge in [0.1, 0.15) is 18.0 Å². The van der Waals surface area contributed by atoms with Crippen LogP contribution in [0.4, 0.5) is 0 Å². The molecule has 0 amide bonds. The zero-order chi connectivity index (χ0) is 23.1. The quantitative estimate of drug-likeness (QED) is 0.152. The van der Waals surface area contributed by atoms with Crippen LogP contribution in [0.15, 0.2) is 63.9 Å². The first-order valence-corrected chi connectivity index (χ1v) is 12.1. The maximum atomic E-state index is 11.4. The van der Waals surface area contributed by atoms with Crippen LogP contribution in [0.5, 0.6) is 0 Å². The molecule has 1 aromatic heterocycles. The number of benzene rings is 2. The number of thioether (sulfide) groups is 1. The molecule has 0 radical (unpaired) electrons. The molecule has 1 heterocycles. The van der Waals surface area contributed by atoms with Crippen molar-refractivity contribution in [3.05, 3.63) is 65.7 Å². The van der Waals surface area contributed by atoms with Gasteiger partial charge in [0.05, 0.1) is 6.10 Å². The van der Waals surface area contributed by atoms with Crippen molar-refractivity contribution in [2.45, 2.75) is 57.5 Å². The lowest BCUT2D eigenvalue weighted by atomic mass is 10.00. The predicted octanol–water partition coefficient (Wildman–Crippen LogP) is 6.71. The highest BCUT2D eigenvalue weighted by atomic mass is 32.2. The Morgan fingerprint density at radius 3 is 2.72 bits per heavy atom. The molecule has 4 nitrogen and oxygen atoms in total. The number of aryl methyl sites for hydroxylation is 2. The summed E-state index contributed by atoms with van der Waals surface area (Å²) in [5, 5.41) is 11.1. The van der Waals surface area contributed by atoms with Gasteiger partial charge in [-0.2, -0.15) is 0 Å². The summed E-state index contributed by atoms with van der Waals surface area (Å²) in [6, 6.07) is 14.7. The first kappa shape index (κ1) is 24.1. The van der Waals surface area contributed by atoms with E-state index in [4.69, 9.17) is 9.15 Å². The molecule has 1 atom stereocenters. The Bertz CT molecular complexity index is 1080. The van der Waals surface area contributed by atoms with E-state index in [-0.39, 0.29) is 6.61 Å². The predicted molar refractivity (Wildman–Crippen MR) is 132 cm³/mol. The van der Waals surface area contributed by atoms with Crippen molar-refractivity contribution in [3.8, 4) is 11.3 Å². The van der Waals surface area contributed by atoms with Gasteiger partial charge in [0.2, 0.25) is 0 Å². The van der Waals surface area contributed by atoms with Crippen LogP contribution in [-0.4, -0.2) is 29.5 Å². The fourth-order valence-electron chi connectivity index (χ4n) is 3.51. The smallest absolute Gasteiger partial charge is 0.333 e. The van der Waals surface area contributed by atoms with Gasteiger partial charge >= 0.3 is 5.97 Å². The average Bonchev–Trinajstić information content (AvgIpc) is 3.19. The van der Waals surface area contributed by atoms with Gasteiger partial charge in [-0.15, -0.1) is 11.8 Å². The van der Waals surface area contributed by atoms with Crippen molar-refractivity contribution in [3.63, 3.8) is 0 Å². The van der Waals surface area contributed by atoms with E-state index in [1.165, 1.54) is 42.2 Å². The second-order valence-electron chi connectivity index (χ2n) is 8.26. The number of carbonyl (C=O) groups excluding carboxylic acids is 1. The fourth-order valence-corrected chi connectivity index (χ4v) is 4.34. The van der Waals surface area contributed by atoms with Gasteiger partial charge in [-0.1, -0.05) is 44.5 Å². The number of carbonyl (C=O) groups is 1. The standard InChI is InChI=1S/C27H32O4S/c1-5-6-7-8-20-9-12-24(19(4)13-20)26-14-21-10-11-23(15-25(21)31-26)32-17-22(28)16-30-27(29)18(2)3/h9-15,22,28H,2,5-8,16-17H2,1,3-4H3. The number of hydrogen-bond donors (Lipinski definition) is 1. The summed E-state index contributed by atoms with van der Waals surface area (Å²) in [5.74, 6) is 0.801. The maximum absolute atomic E-state index is 11.4. The Hall–Kier alpha value is -2.50. The minimum atomic E-state index is -0.746. The molecule has 32 heavy (non-hydrogen) atoms. The van der Waals surface area contributed by atoms with Crippen LogP contribution < -0.4 is 0 Å². The molecule has 3 aromatic rings. The third kappa shape index (κ3) is 6.50. The maximum Gasteiger partial charge on any atom is 0.333 e. The van der Waals surface area contributed by atoms with Crippen LogP contribution in [0, 0.1) is 6.92 Å². The molecule has 1 unspecified atom stereocenters. The van der Waals surface area contributed by atoms with Crippen LogP contribution in [0.1, 0.15) is 44.2 Å². The molecule has 170 valence electrons. The zero-order valence-electron chi connectivity index (χ0n) is 19.1. The van der Waals surface area contributed by atoms with Gasteiger partial charge in [0.15, 0.2) is 0 Å². The van der Waals surface area contributed by atoms with E-state index in [0.717, 1.165) is 33.6 Å². The number of furan rings is 1. The van der Waals surface area contributed by atoms with Crippen LogP contribution in [-0.2, 0) is 16.0 Å². The second-order valence-corrected chi connectivity index (χ2v) is 9.35. The largest absolute Gasteiger partial charge is 0.460 e. The van der Waals surface area contributed by atoms with Crippen LogP contribution >= 0.6 is 11.8 Å². The van der Waals surface area contributed by atoms with E-state index >= 15 is 0 Å². The summed E-state index contributed by atoms with van der Waals surface area (Å²) in [4.78, 5) is 12.4. The molecule has 0 saturated heterocycles. The van der Waals surface area contributed by atoms with Crippen molar-refractivity contribution >= 4 is 28.7 Å². The number of unbranched alkanes of at least 4 members (excludes halogenated alkanes) is 2. The third-order valence-corrected chi connectivity index (χ3v) is 6.45. The Balaban J connectivity index is 1.64. The number of aliphatic hydroxyl groups excluding tert-OH is 1. The van der Waals surface area contributed by atoms with Gasteiger partial charge in [-0.25, -0.2) is 4.79 Å². The minimum Gasteiger partial charge on any atom is -0.460 e. The van der Waals surface area contributed by atoms with Crippen molar-refractivity contribution in [1.29, 1.82) is 0 Å². The fraction of sp³-hybridized carbons (Fsp3) is 0.370. The molecule has 1 N–H and O–H groups in total. The summed E-state index contributed by atoms with van der Waals surface area (Å²) in [6.07, 6.45) is 4.10. The molecule has 0 spiro atoms. The molecule has 0 aliphatic rings. The summed E-state index contributed by atoms with van der Waals surface area (Å²) in [6.45, 7) is 9.43. The molecule has 0 fully saturated rings. The zero-order valence-corrected chi connectivity index (χ0v) is 20.0. The van der Waals surface area contributed by atoms with E-state index in [0.29, 0.717) is 11.3 Å². The first-order valence-electron chi connectivity index (χ1n) is 11.1. The van der Waals surface area contributed by atoms with E-state index in [9.17, 15) is 9.90 Å². The molecule has 2 aromatic carbocycles. The lowest BCUT2D eigenvalue weighted by Crippen LogP contribution is -2.21. The van der Waals surface area contributed by atoms with E-state index in [1.807, 2.05) is 18.2 Å². The Labute approximate surface area is 194 Å². The summed E-state index contributed by atoms with van der Waals surface area (Å²) >= 11 is 1.50. The number of rotatable bonds is 11. The van der Waals surface area contributed by atoms with Crippen LogP contribution in [0.2, 0.25) is 0 Å². The molecule has 3 rings (SSSR count). The monoisotopic (exact) mass is 452 g/mol. The number of hydrogen-bond acceptors (Lipinski definition) is 5. The van der Waals surface area contributed by atoms with Gasteiger partial charge < -0.3 is 14.3 Å². The molecule has 0 bridgehead atoms. The second kappa shape index (κ2) is 11.4. The van der Waals surface area contributed by atoms with Crippen molar-refractivity contribution in [2.24, 2.45) is 0 Å². The summed E-state index contributed by atoms with van der Waals surface area (Å²) in [5.41, 5.74) is 4.86. The highest BCUT2D eigenvalue weighted by molar-refractivity contribution is 7.99. The Morgan fingerprint density at radius 1 is 1.19 bits per heavy atom. The molecule has 0 aliphatic carbocycles. The lowest BCUT2D eigenvalue weighted by molar-refractivity contribution is -0.141. The number of aliphatic hydroxyl groups is 1. The van der Waals surface area contributed by atoms with Gasteiger partial charge in [0, 0.05) is 27.2 Å². The molecule has 0 aliphatic heterocycles. The number of ether oxygens (including phenoxy) is 1. The highest BCUT2D eigenvalue weighted by Gasteiger charge is 2.13. The topological polar surface area (TPSA) is 59.7 Å².